The lowest BCUT2D eigenvalue weighted by Gasteiger charge is -2.11. The van der Waals surface area contributed by atoms with E-state index in [0.717, 1.165) is 0 Å². The van der Waals surface area contributed by atoms with E-state index in [1.54, 1.807) is 0 Å². The molecule has 0 heterocycles. The summed E-state index contributed by atoms with van der Waals surface area (Å²) in [7, 11) is 0. The maximum absolute atomic E-state index is 4.11. The van der Waals surface area contributed by atoms with Crippen LogP contribution in [-0.4, -0.2) is 0 Å². The summed E-state index contributed by atoms with van der Waals surface area (Å²) in [6.45, 7) is 4.40. The van der Waals surface area contributed by atoms with Gasteiger partial charge >= 0.3 is 0 Å². The molecule has 0 bridgehead atoms. The maximum atomic E-state index is 4.11. The van der Waals surface area contributed by atoms with Crippen LogP contribution in [0.1, 0.15) is 25.5 Å². The van der Waals surface area contributed by atoms with Crippen LogP contribution in [0.5, 0.6) is 0 Å². The van der Waals surface area contributed by atoms with Crippen LogP contribution in [0.15, 0.2) is 30.3 Å². The minimum atomic E-state index is 0.427. The lowest BCUT2D eigenvalue weighted by molar-refractivity contribution is -0.438. The van der Waals surface area contributed by atoms with Crippen LogP contribution in [0.4, 0.5) is 0 Å². The quantitative estimate of drug-likeness (QED) is 0.663. The standard InChI is InChI=1S/C10H15N/c1-8(2)10(11)9-6-4-3-5-7-9/h3-8,10H,11H2,1-2H3/p+1/t10-/m1/s1. The molecule has 0 spiro atoms. The first-order valence-corrected chi connectivity index (χ1v) is 4.10. The van der Waals surface area contributed by atoms with Crippen molar-refractivity contribution in [1.82, 2.24) is 0 Å². The average molecular weight is 150 g/mol. The molecule has 1 aromatic carbocycles. The Morgan fingerprint density at radius 2 is 1.64 bits per heavy atom. The van der Waals surface area contributed by atoms with Gasteiger partial charge in [0.1, 0.15) is 6.04 Å². The van der Waals surface area contributed by atoms with E-state index < -0.39 is 0 Å². The van der Waals surface area contributed by atoms with E-state index in [2.05, 4.69) is 43.8 Å². The number of hydrogen-bond acceptors (Lipinski definition) is 0. The summed E-state index contributed by atoms with van der Waals surface area (Å²) < 4.78 is 0. The van der Waals surface area contributed by atoms with Crippen LogP contribution >= 0.6 is 0 Å². The first-order chi connectivity index (χ1) is 5.22. The molecule has 0 aliphatic carbocycles. The van der Waals surface area contributed by atoms with E-state index in [4.69, 9.17) is 0 Å². The van der Waals surface area contributed by atoms with E-state index in [1.165, 1.54) is 5.56 Å². The van der Waals surface area contributed by atoms with Crippen molar-refractivity contribution in [1.29, 1.82) is 0 Å². The molecule has 0 aliphatic heterocycles. The summed E-state index contributed by atoms with van der Waals surface area (Å²) in [6.07, 6.45) is 0. The van der Waals surface area contributed by atoms with Crippen molar-refractivity contribution in [2.45, 2.75) is 19.9 Å². The average Bonchev–Trinajstić information content (AvgIpc) is 2.05. The Bertz CT molecular complexity index is 203. The Morgan fingerprint density at radius 1 is 1.09 bits per heavy atom. The molecule has 3 N–H and O–H groups in total. The van der Waals surface area contributed by atoms with Gasteiger partial charge < -0.3 is 5.73 Å². The summed E-state index contributed by atoms with van der Waals surface area (Å²) in [5.41, 5.74) is 5.44. The van der Waals surface area contributed by atoms with Gasteiger partial charge in [0.2, 0.25) is 0 Å². The molecule has 11 heavy (non-hydrogen) atoms. The molecule has 60 valence electrons. The molecule has 1 aromatic rings. The molecule has 0 amide bonds. The van der Waals surface area contributed by atoms with Crippen LogP contribution in [0.2, 0.25) is 0 Å². The van der Waals surface area contributed by atoms with Crippen molar-refractivity contribution < 1.29 is 5.73 Å². The second kappa shape index (κ2) is 3.54. The Labute approximate surface area is 68.2 Å². The van der Waals surface area contributed by atoms with Crippen molar-refractivity contribution >= 4 is 0 Å². The van der Waals surface area contributed by atoms with Crippen molar-refractivity contribution in [3.63, 3.8) is 0 Å². The lowest BCUT2D eigenvalue weighted by atomic mass is 9.97. The second-order valence-electron chi connectivity index (χ2n) is 3.26. The Morgan fingerprint density at radius 3 is 2.09 bits per heavy atom. The number of rotatable bonds is 2. The largest absolute Gasteiger partial charge is 0.351 e. The smallest absolute Gasteiger partial charge is 0.112 e. The molecule has 1 nitrogen and oxygen atoms in total. The minimum Gasteiger partial charge on any atom is -0.351 e. The van der Waals surface area contributed by atoms with Gasteiger partial charge in [-0.05, 0) is 0 Å². The van der Waals surface area contributed by atoms with Crippen LogP contribution in [-0.2, 0) is 0 Å². The normalized spacial score (nSPS) is 13.5. The summed E-state index contributed by atoms with van der Waals surface area (Å²) in [5.74, 6) is 0.623. The van der Waals surface area contributed by atoms with Crippen LogP contribution in [0, 0.1) is 5.92 Å². The zero-order valence-corrected chi connectivity index (χ0v) is 7.25. The third-order valence-electron chi connectivity index (χ3n) is 2.03. The number of quaternary nitrogens is 1. The topological polar surface area (TPSA) is 27.6 Å². The molecule has 1 heteroatoms. The molecule has 1 atom stereocenters. The number of benzene rings is 1. The predicted octanol–water partition coefficient (Wildman–Crippen LogP) is 1.63. The molecular weight excluding hydrogens is 134 g/mol. The molecule has 0 unspecified atom stereocenters. The lowest BCUT2D eigenvalue weighted by Crippen LogP contribution is -2.55. The summed E-state index contributed by atoms with van der Waals surface area (Å²) in [6, 6.07) is 10.9. The van der Waals surface area contributed by atoms with Crippen LogP contribution < -0.4 is 5.73 Å². The van der Waals surface area contributed by atoms with Gasteiger partial charge in [0.05, 0.1) is 0 Å². The number of hydrogen-bond donors (Lipinski definition) is 1. The molecule has 0 aliphatic rings. The van der Waals surface area contributed by atoms with Crippen molar-refractivity contribution in [2.75, 3.05) is 0 Å². The van der Waals surface area contributed by atoms with E-state index >= 15 is 0 Å². The van der Waals surface area contributed by atoms with Gasteiger partial charge in [0.15, 0.2) is 0 Å². The van der Waals surface area contributed by atoms with E-state index in [0.29, 0.717) is 12.0 Å². The van der Waals surface area contributed by atoms with Crippen LogP contribution in [0.25, 0.3) is 0 Å². The molecule has 0 aromatic heterocycles. The van der Waals surface area contributed by atoms with Gasteiger partial charge in [-0.2, -0.15) is 0 Å². The highest BCUT2D eigenvalue weighted by Gasteiger charge is 2.12. The first-order valence-electron chi connectivity index (χ1n) is 4.10. The SMILES string of the molecule is CC(C)[C@@H]([NH3+])c1ccccc1. The third-order valence-corrected chi connectivity index (χ3v) is 2.03. The predicted molar refractivity (Wildman–Crippen MR) is 46.9 cm³/mol. The summed E-state index contributed by atoms with van der Waals surface area (Å²) in [4.78, 5) is 0. The Hall–Kier alpha value is -0.820. The molecule has 0 radical (unpaired) electrons. The fourth-order valence-corrected chi connectivity index (χ4v) is 1.09. The summed E-state index contributed by atoms with van der Waals surface area (Å²) in [5, 5.41) is 0. The summed E-state index contributed by atoms with van der Waals surface area (Å²) >= 11 is 0. The highest BCUT2D eigenvalue weighted by Crippen LogP contribution is 2.15. The van der Waals surface area contributed by atoms with Crippen molar-refractivity contribution in [2.24, 2.45) is 5.92 Å². The van der Waals surface area contributed by atoms with E-state index in [9.17, 15) is 0 Å². The molecule has 1 rings (SSSR count). The van der Waals surface area contributed by atoms with Gasteiger partial charge in [0.25, 0.3) is 0 Å². The zero-order valence-electron chi connectivity index (χ0n) is 7.25. The van der Waals surface area contributed by atoms with Gasteiger partial charge in [-0.15, -0.1) is 0 Å². The third kappa shape index (κ3) is 2.05. The van der Waals surface area contributed by atoms with Gasteiger partial charge in [-0.1, -0.05) is 44.2 Å². The van der Waals surface area contributed by atoms with E-state index in [1.807, 2.05) is 6.07 Å². The fourth-order valence-electron chi connectivity index (χ4n) is 1.09. The minimum absolute atomic E-state index is 0.427. The second-order valence-corrected chi connectivity index (χ2v) is 3.26. The maximum Gasteiger partial charge on any atom is 0.112 e. The molecule has 0 fully saturated rings. The van der Waals surface area contributed by atoms with Gasteiger partial charge in [0, 0.05) is 11.5 Å². The Kier molecular flexibility index (Phi) is 2.66. The molecule has 0 saturated carbocycles. The fraction of sp³-hybridized carbons (Fsp3) is 0.400. The van der Waals surface area contributed by atoms with Crippen LogP contribution in [0.3, 0.4) is 0 Å². The highest BCUT2D eigenvalue weighted by molar-refractivity contribution is 5.17. The molecule has 0 saturated heterocycles. The molecular formula is C10H16N+. The van der Waals surface area contributed by atoms with Crippen molar-refractivity contribution in [3.8, 4) is 0 Å². The van der Waals surface area contributed by atoms with Gasteiger partial charge in [-0.25, -0.2) is 0 Å². The monoisotopic (exact) mass is 150 g/mol. The zero-order chi connectivity index (χ0) is 8.27. The first kappa shape index (κ1) is 8.28. The highest BCUT2D eigenvalue weighted by atomic mass is 14.6. The Balaban J connectivity index is 2.77. The van der Waals surface area contributed by atoms with Crippen molar-refractivity contribution in [3.05, 3.63) is 35.9 Å². The van der Waals surface area contributed by atoms with E-state index in [-0.39, 0.29) is 0 Å². The van der Waals surface area contributed by atoms with Gasteiger partial charge in [-0.3, -0.25) is 0 Å².